The van der Waals surface area contributed by atoms with E-state index in [1.54, 1.807) is 22.8 Å². The van der Waals surface area contributed by atoms with E-state index in [4.69, 9.17) is 0 Å². The summed E-state index contributed by atoms with van der Waals surface area (Å²) in [7, 11) is 0. The number of benzene rings is 1. The summed E-state index contributed by atoms with van der Waals surface area (Å²) >= 11 is 0. The molecule has 0 unspecified atom stereocenters. The first-order chi connectivity index (χ1) is 13.0. The van der Waals surface area contributed by atoms with Crippen molar-refractivity contribution in [3.8, 4) is 17.0 Å². The van der Waals surface area contributed by atoms with Crippen LogP contribution in [0.25, 0.3) is 11.3 Å². The molecule has 2 aromatic heterocycles. The molecule has 28 heavy (non-hydrogen) atoms. The number of pyridine rings is 1. The molecule has 1 amide bonds. The van der Waals surface area contributed by atoms with E-state index in [1.165, 1.54) is 35.8 Å². The zero-order chi connectivity index (χ0) is 19.0. The molecule has 3 aromatic rings. The van der Waals surface area contributed by atoms with Crippen LogP contribution < -0.4 is 5.43 Å². The van der Waals surface area contributed by atoms with E-state index in [-0.39, 0.29) is 36.0 Å². The molecule has 1 aliphatic rings. The summed E-state index contributed by atoms with van der Waals surface area (Å²) in [6, 6.07) is 7.42. The molecule has 0 saturated carbocycles. The topological polar surface area (TPSA) is 88.3 Å². The number of nitrogens with zero attached hydrogens (tertiary/aromatic N) is 4. The van der Waals surface area contributed by atoms with E-state index >= 15 is 0 Å². The van der Waals surface area contributed by atoms with Gasteiger partial charge in [-0.25, -0.2) is 14.4 Å². The van der Waals surface area contributed by atoms with Crippen molar-refractivity contribution < 1.29 is 14.3 Å². The molecule has 7 nitrogen and oxygen atoms in total. The van der Waals surface area contributed by atoms with E-state index in [2.05, 4.69) is 9.97 Å². The normalized spacial score (nSPS) is 13.0. The fourth-order valence-electron chi connectivity index (χ4n) is 3.12. The summed E-state index contributed by atoms with van der Waals surface area (Å²) < 4.78 is 14.6. The highest BCUT2D eigenvalue weighted by atomic mass is 35.5. The Labute approximate surface area is 165 Å². The number of amides is 1. The van der Waals surface area contributed by atoms with Crippen molar-refractivity contribution in [3.63, 3.8) is 0 Å². The van der Waals surface area contributed by atoms with Crippen molar-refractivity contribution in [2.24, 2.45) is 0 Å². The van der Waals surface area contributed by atoms with Crippen LogP contribution in [0.2, 0.25) is 0 Å². The number of aromatic hydroxyl groups is 1. The highest BCUT2D eigenvalue weighted by Crippen LogP contribution is 2.24. The molecule has 144 valence electrons. The smallest absolute Gasteiger partial charge is 0.274 e. The third-order valence-electron chi connectivity index (χ3n) is 4.50. The Kier molecular flexibility index (Phi) is 5.41. The predicted octanol–water partition coefficient (Wildman–Crippen LogP) is 2.23. The lowest BCUT2D eigenvalue weighted by atomic mass is 10.1. The van der Waals surface area contributed by atoms with Crippen LogP contribution in [0.1, 0.15) is 16.1 Å². The van der Waals surface area contributed by atoms with Crippen molar-refractivity contribution >= 4 is 18.3 Å². The maximum Gasteiger partial charge on any atom is 0.274 e. The number of fused-ring (bicyclic) bond motifs is 1. The minimum Gasteiger partial charge on any atom is -0.503 e. The van der Waals surface area contributed by atoms with Crippen molar-refractivity contribution in [1.29, 1.82) is 0 Å². The Balaban J connectivity index is 0.00000225. The van der Waals surface area contributed by atoms with Gasteiger partial charge in [-0.2, -0.15) is 0 Å². The first-order valence-electron chi connectivity index (χ1n) is 8.31. The Morgan fingerprint density at radius 2 is 1.86 bits per heavy atom. The van der Waals surface area contributed by atoms with Crippen LogP contribution in [-0.4, -0.2) is 37.0 Å². The average Bonchev–Trinajstić information content (AvgIpc) is 2.69. The fourth-order valence-corrected chi connectivity index (χ4v) is 3.12. The summed E-state index contributed by atoms with van der Waals surface area (Å²) in [6.07, 6.45) is 4.34. The molecule has 1 aromatic carbocycles. The average molecular weight is 403 g/mol. The van der Waals surface area contributed by atoms with Gasteiger partial charge in [-0.05, 0) is 23.8 Å². The van der Waals surface area contributed by atoms with Crippen LogP contribution in [0, 0.1) is 5.82 Å². The Hall–Kier alpha value is -3.26. The zero-order valence-electron chi connectivity index (χ0n) is 14.6. The maximum absolute atomic E-state index is 13.1. The van der Waals surface area contributed by atoms with Crippen LogP contribution in [0.4, 0.5) is 4.39 Å². The lowest BCUT2D eigenvalue weighted by Gasteiger charge is -2.30. The lowest BCUT2D eigenvalue weighted by Crippen LogP contribution is -2.41. The molecule has 0 fully saturated rings. The number of aromatic nitrogens is 3. The van der Waals surface area contributed by atoms with Gasteiger partial charge in [0.1, 0.15) is 12.1 Å². The van der Waals surface area contributed by atoms with Gasteiger partial charge in [0.05, 0.1) is 11.3 Å². The number of hydrogen-bond acceptors (Lipinski definition) is 5. The molecule has 1 N–H and O–H groups in total. The molecule has 3 heterocycles. The van der Waals surface area contributed by atoms with Gasteiger partial charge in [0.15, 0.2) is 11.4 Å². The standard InChI is InChI=1S/C19H15FN4O3.ClH/c20-13-3-1-12(2-4-13)9-24-8-7-23-10-14(15-5-6-21-11-22-15)17(25)18(26)16(23)19(24)27;/h1-6,10-11,26H,7-9H2;1H. The van der Waals surface area contributed by atoms with E-state index < -0.39 is 17.1 Å². The van der Waals surface area contributed by atoms with Crippen LogP contribution >= 0.6 is 12.4 Å². The molecule has 1 aliphatic heterocycles. The van der Waals surface area contributed by atoms with Crippen LogP contribution in [0.15, 0.2) is 53.8 Å². The molecule has 0 saturated heterocycles. The van der Waals surface area contributed by atoms with E-state index in [0.29, 0.717) is 18.8 Å². The number of halogens is 2. The Morgan fingerprint density at radius 3 is 2.54 bits per heavy atom. The molecule has 0 bridgehead atoms. The first kappa shape index (κ1) is 19.5. The third kappa shape index (κ3) is 3.46. The Morgan fingerprint density at radius 1 is 1.11 bits per heavy atom. The second kappa shape index (κ2) is 7.77. The Bertz CT molecular complexity index is 1070. The number of carbonyl (C=O) groups is 1. The minimum atomic E-state index is -0.656. The van der Waals surface area contributed by atoms with Gasteiger partial charge in [-0.1, -0.05) is 12.1 Å². The highest BCUT2D eigenvalue weighted by molar-refractivity contribution is 5.96. The molecular formula is C19H16ClFN4O3. The van der Waals surface area contributed by atoms with Crippen molar-refractivity contribution in [2.75, 3.05) is 6.54 Å². The largest absolute Gasteiger partial charge is 0.503 e. The third-order valence-corrected chi connectivity index (χ3v) is 4.50. The lowest BCUT2D eigenvalue weighted by molar-refractivity contribution is 0.0683. The summed E-state index contributed by atoms with van der Waals surface area (Å²) in [4.78, 5) is 34.7. The first-order valence-corrected chi connectivity index (χ1v) is 8.31. The SMILES string of the molecule is Cl.O=C1c2c(O)c(=O)c(-c3ccncn3)cn2CCN1Cc1ccc(F)cc1. The second-order valence-corrected chi connectivity index (χ2v) is 6.21. The van der Waals surface area contributed by atoms with Gasteiger partial charge in [-0.3, -0.25) is 9.59 Å². The van der Waals surface area contributed by atoms with Crippen molar-refractivity contribution in [1.82, 2.24) is 19.4 Å². The molecule has 0 spiro atoms. The summed E-state index contributed by atoms with van der Waals surface area (Å²) in [5, 5.41) is 10.4. The van der Waals surface area contributed by atoms with Gasteiger partial charge >= 0.3 is 0 Å². The van der Waals surface area contributed by atoms with Gasteiger partial charge in [0.25, 0.3) is 5.91 Å². The van der Waals surface area contributed by atoms with Gasteiger partial charge in [-0.15, -0.1) is 12.4 Å². The summed E-state index contributed by atoms with van der Waals surface area (Å²) in [5.74, 6) is -1.40. The van der Waals surface area contributed by atoms with Gasteiger partial charge in [0, 0.05) is 32.0 Å². The molecule has 0 atom stereocenters. The second-order valence-electron chi connectivity index (χ2n) is 6.21. The maximum atomic E-state index is 13.1. The highest BCUT2D eigenvalue weighted by Gasteiger charge is 2.30. The van der Waals surface area contributed by atoms with Gasteiger partial charge in [0.2, 0.25) is 5.43 Å². The van der Waals surface area contributed by atoms with Crippen LogP contribution in [-0.2, 0) is 13.1 Å². The number of hydrogen-bond donors (Lipinski definition) is 1. The van der Waals surface area contributed by atoms with E-state index in [9.17, 15) is 19.1 Å². The van der Waals surface area contributed by atoms with Crippen LogP contribution in [0.5, 0.6) is 5.75 Å². The number of carbonyl (C=O) groups excluding carboxylic acids is 1. The molecular weight excluding hydrogens is 387 g/mol. The van der Waals surface area contributed by atoms with Crippen molar-refractivity contribution in [2.45, 2.75) is 13.1 Å². The fraction of sp³-hybridized carbons (Fsp3) is 0.158. The minimum absolute atomic E-state index is 0. The molecule has 4 rings (SSSR count). The number of rotatable bonds is 3. The predicted molar refractivity (Wildman–Crippen MR) is 102 cm³/mol. The quantitative estimate of drug-likeness (QED) is 0.725. The molecule has 9 heteroatoms. The summed E-state index contributed by atoms with van der Waals surface area (Å²) in [6.45, 7) is 1.07. The monoisotopic (exact) mass is 402 g/mol. The van der Waals surface area contributed by atoms with E-state index in [1.807, 2.05) is 0 Å². The van der Waals surface area contributed by atoms with Gasteiger partial charge < -0.3 is 14.6 Å². The molecule has 0 aliphatic carbocycles. The van der Waals surface area contributed by atoms with E-state index in [0.717, 1.165) is 5.56 Å². The van der Waals surface area contributed by atoms with Crippen LogP contribution in [0.3, 0.4) is 0 Å². The summed E-state index contributed by atoms with van der Waals surface area (Å²) in [5.41, 5.74) is 0.640. The molecule has 0 radical (unpaired) electrons. The zero-order valence-corrected chi connectivity index (χ0v) is 15.4. The van der Waals surface area contributed by atoms with Crippen molar-refractivity contribution in [3.05, 3.63) is 76.4 Å².